The van der Waals surface area contributed by atoms with E-state index in [4.69, 9.17) is 5.73 Å². The molecule has 0 aliphatic carbocycles. The molecule has 0 saturated heterocycles. The molecule has 2 N–H and O–H groups in total. The predicted molar refractivity (Wildman–Crippen MR) is 60.6 cm³/mol. The zero-order chi connectivity index (χ0) is 11.4. The Labute approximate surface area is 90.7 Å². The van der Waals surface area contributed by atoms with Gasteiger partial charge in [0.05, 0.1) is 6.42 Å². The summed E-state index contributed by atoms with van der Waals surface area (Å²) in [5, 5.41) is 0. The fourth-order valence-corrected chi connectivity index (χ4v) is 1.61. The fourth-order valence-electron chi connectivity index (χ4n) is 1.61. The van der Waals surface area contributed by atoms with Gasteiger partial charge in [-0.2, -0.15) is 0 Å². The lowest BCUT2D eigenvalue weighted by atomic mass is 9.95. The van der Waals surface area contributed by atoms with Crippen molar-refractivity contribution in [2.24, 2.45) is 5.73 Å². The number of rotatable bonds is 4. The number of aromatic nitrogens is 1. The Kier molecular flexibility index (Phi) is 3.83. The second-order valence-corrected chi connectivity index (χ2v) is 3.97. The first-order chi connectivity index (χ1) is 7.04. The van der Waals surface area contributed by atoms with Gasteiger partial charge in [-0.15, -0.1) is 0 Å². The summed E-state index contributed by atoms with van der Waals surface area (Å²) >= 11 is 0. The Hall–Kier alpha value is -1.38. The van der Waals surface area contributed by atoms with Crippen molar-refractivity contribution >= 4 is 5.91 Å². The molecular formula is C12H18N2O. The molecule has 0 aromatic carbocycles. The Bertz CT molecular complexity index is 361. The summed E-state index contributed by atoms with van der Waals surface area (Å²) in [6.07, 6.45) is 3.07. The first-order valence-corrected chi connectivity index (χ1v) is 5.28. The first-order valence-electron chi connectivity index (χ1n) is 5.28. The summed E-state index contributed by atoms with van der Waals surface area (Å²) in [7, 11) is 0. The van der Waals surface area contributed by atoms with Crippen LogP contribution in [0.5, 0.6) is 0 Å². The third kappa shape index (κ3) is 3.05. The molecule has 1 heterocycles. The molecule has 1 rings (SSSR count). The third-order valence-electron chi connectivity index (χ3n) is 2.70. The van der Waals surface area contributed by atoms with Crippen LogP contribution in [0.25, 0.3) is 0 Å². The number of nitrogens with zero attached hydrogens (tertiary/aromatic N) is 1. The Morgan fingerprint density at radius 2 is 2.27 bits per heavy atom. The Morgan fingerprint density at radius 1 is 1.60 bits per heavy atom. The van der Waals surface area contributed by atoms with Crippen LogP contribution < -0.4 is 5.73 Å². The molecule has 3 nitrogen and oxygen atoms in total. The van der Waals surface area contributed by atoms with Crippen molar-refractivity contribution in [3.63, 3.8) is 0 Å². The number of primary amides is 1. The molecule has 1 unspecified atom stereocenters. The molecule has 0 radical (unpaired) electrons. The second-order valence-electron chi connectivity index (χ2n) is 3.97. The average molecular weight is 206 g/mol. The van der Waals surface area contributed by atoms with E-state index in [0.29, 0.717) is 5.92 Å². The highest BCUT2D eigenvalue weighted by molar-refractivity contribution is 5.76. The lowest BCUT2D eigenvalue weighted by molar-refractivity contribution is -0.117. The minimum Gasteiger partial charge on any atom is -0.369 e. The molecule has 0 bridgehead atoms. The third-order valence-corrected chi connectivity index (χ3v) is 2.70. The molecule has 1 atom stereocenters. The summed E-state index contributed by atoms with van der Waals surface area (Å²) in [6, 6.07) is 2.04. The van der Waals surface area contributed by atoms with E-state index in [2.05, 4.69) is 18.8 Å². The van der Waals surface area contributed by atoms with Crippen LogP contribution in [0.15, 0.2) is 12.3 Å². The van der Waals surface area contributed by atoms with Gasteiger partial charge in [-0.1, -0.05) is 19.9 Å². The molecular weight excluding hydrogens is 188 g/mol. The van der Waals surface area contributed by atoms with Crippen LogP contribution in [0.1, 0.15) is 43.0 Å². The van der Waals surface area contributed by atoms with Crippen molar-refractivity contribution in [3.8, 4) is 0 Å². The minimum absolute atomic E-state index is 0.275. The highest BCUT2D eigenvalue weighted by Gasteiger charge is 2.09. The van der Waals surface area contributed by atoms with E-state index < -0.39 is 0 Å². The summed E-state index contributed by atoms with van der Waals surface area (Å²) in [6.45, 7) is 6.30. The zero-order valence-electron chi connectivity index (χ0n) is 9.58. The van der Waals surface area contributed by atoms with Gasteiger partial charge < -0.3 is 5.73 Å². The van der Waals surface area contributed by atoms with Crippen LogP contribution in [0.3, 0.4) is 0 Å². The number of hydrogen-bond acceptors (Lipinski definition) is 2. The van der Waals surface area contributed by atoms with Crippen molar-refractivity contribution in [2.75, 3.05) is 0 Å². The lowest BCUT2D eigenvalue weighted by Crippen LogP contribution is -2.14. The molecule has 3 heteroatoms. The molecule has 0 fully saturated rings. The number of carbonyl (C=O) groups is 1. The Balaban J connectivity index is 2.99. The molecule has 1 aromatic rings. The topological polar surface area (TPSA) is 56.0 Å². The van der Waals surface area contributed by atoms with E-state index in [9.17, 15) is 4.79 Å². The maximum atomic E-state index is 10.8. The van der Waals surface area contributed by atoms with E-state index in [1.165, 1.54) is 5.56 Å². The number of carbonyl (C=O) groups excluding carboxylic acids is 1. The van der Waals surface area contributed by atoms with Crippen LogP contribution in [0.2, 0.25) is 0 Å². The van der Waals surface area contributed by atoms with E-state index in [0.717, 1.165) is 17.7 Å². The molecule has 0 spiro atoms. The van der Waals surface area contributed by atoms with Crippen LogP contribution in [-0.2, 0) is 11.2 Å². The molecule has 0 aliphatic rings. The smallest absolute Gasteiger partial charge is 0.221 e. The van der Waals surface area contributed by atoms with Gasteiger partial charge in [0.15, 0.2) is 0 Å². The van der Waals surface area contributed by atoms with Crippen molar-refractivity contribution < 1.29 is 4.79 Å². The monoisotopic (exact) mass is 206 g/mol. The maximum Gasteiger partial charge on any atom is 0.221 e. The lowest BCUT2D eigenvalue weighted by Gasteiger charge is -2.12. The first kappa shape index (κ1) is 11.7. The fraction of sp³-hybridized carbons (Fsp3) is 0.500. The largest absolute Gasteiger partial charge is 0.369 e. The van der Waals surface area contributed by atoms with Crippen molar-refractivity contribution in [3.05, 3.63) is 29.1 Å². The molecule has 82 valence electrons. The van der Waals surface area contributed by atoms with Gasteiger partial charge in [-0.25, -0.2) is 0 Å². The van der Waals surface area contributed by atoms with E-state index in [1.807, 2.05) is 13.0 Å². The van der Waals surface area contributed by atoms with Gasteiger partial charge in [-0.05, 0) is 30.4 Å². The normalized spacial score (nSPS) is 12.5. The minimum atomic E-state index is -0.309. The summed E-state index contributed by atoms with van der Waals surface area (Å²) in [4.78, 5) is 15.1. The van der Waals surface area contributed by atoms with E-state index in [1.54, 1.807) is 6.20 Å². The number of hydrogen-bond donors (Lipinski definition) is 1. The van der Waals surface area contributed by atoms with Gasteiger partial charge in [0.1, 0.15) is 0 Å². The van der Waals surface area contributed by atoms with Gasteiger partial charge >= 0.3 is 0 Å². The van der Waals surface area contributed by atoms with Crippen LogP contribution in [-0.4, -0.2) is 10.9 Å². The Morgan fingerprint density at radius 3 is 2.80 bits per heavy atom. The predicted octanol–water partition coefficient (Wildman–Crippen LogP) is 1.93. The van der Waals surface area contributed by atoms with Gasteiger partial charge in [0, 0.05) is 11.9 Å². The van der Waals surface area contributed by atoms with Crippen molar-refractivity contribution in [1.82, 2.24) is 4.98 Å². The highest BCUT2D eigenvalue weighted by Crippen LogP contribution is 2.22. The molecule has 15 heavy (non-hydrogen) atoms. The second kappa shape index (κ2) is 4.91. The summed E-state index contributed by atoms with van der Waals surface area (Å²) in [5.41, 5.74) is 8.32. The highest BCUT2D eigenvalue weighted by atomic mass is 16.1. The quantitative estimate of drug-likeness (QED) is 0.818. The summed E-state index contributed by atoms with van der Waals surface area (Å²) < 4.78 is 0. The van der Waals surface area contributed by atoms with Gasteiger partial charge in [0.25, 0.3) is 0 Å². The number of amides is 1. The van der Waals surface area contributed by atoms with Gasteiger partial charge in [0.2, 0.25) is 5.91 Å². The van der Waals surface area contributed by atoms with Gasteiger partial charge in [-0.3, -0.25) is 9.78 Å². The van der Waals surface area contributed by atoms with E-state index in [-0.39, 0.29) is 12.3 Å². The van der Waals surface area contributed by atoms with Crippen LogP contribution >= 0.6 is 0 Å². The molecule has 1 aromatic heterocycles. The van der Waals surface area contributed by atoms with Crippen LogP contribution in [0, 0.1) is 6.92 Å². The van der Waals surface area contributed by atoms with Crippen molar-refractivity contribution in [1.29, 1.82) is 0 Å². The SMILES string of the molecule is CCC(C)c1cc(CC(N)=O)cnc1C. The molecule has 0 aliphatic heterocycles. The zero-order valence-corrected chi connectivity index (χ0v) is 9.58. The number of nitrogens with two attached hydrogens (primary N) is 1. The maximum absolute atomic E-state index is 10.8. The van der Waals surface area contributed by atoms with E-state index >= 15 is 0 Å². The summed E-state index contributed by atoms with van der Waals surface area (Å²) in [5.74, 6) is 0.168. The molecule has 1 amide bonds. The number of aryl methyl sites for hydroxylation is 1. The van der Waals surface area contributed by atoms with Crippen molar-refractivity contribution in [2.45, 2.75) is 39.5 Å². The average Bonchev–Trinajstić information content (AvgIpc) is 2.19. The number of pyridine rings is 1. The molecule has 0 saturated carbocycles. The van der Waals surface area contributed by atoms with Crippen LogP contribution in [0.4, 0.5) is 0 Å². The standard InChI is InChI=1S/C12H18N2O/c1-4-8(2)11-5-10(6-12(13)15)7-14-9(11)3/h5,7-8H,4,6H2,1-3H3,(H2,13,15).